The average Bonchev–Trinajstić information content (AvgIpc) is 2.51. The van der Waals surface area contributed by atoms with E-state index in [1.165, 1.54) is 12.5 Å². The molecule has 0 saturated heterocycles. The van der Waals surface area contributed by atoms with Crippen molar-refractivity contribution in [2.75, 3.05) is 5.32 Å². The van der Waals surface area contributed by atoms with E-state index < -0.39 is 0 Å². The van der Waals surface area contributed by atoms with E-state index in [4.69, 9.17) is 5.73 Å². The van der Waals surface area contributed by atoms with Gasteiger partial charge in [0.25, 0.3) is 0 Å². The predicted molar refractivity (Wildman–Crippen MR) is 61.8 cm³/mol. The Morgan fingerprint density at radius 3 is 2.81 bits per heavy atom. The number of nitrogens with two attached hydrogens (primary N) is 1. The lowest BCUT2D eigenvalue weighted by Gasteiger charge is -2.22. The molecule has 1 aromatic heterocycles. The van der Waals surface area contributed by atoms with Gasteiger partial charge >= 0.3 is 0 Å². The average molecular weight is 225 g/mol. The molecule has 0 fully saturated rings. The number of aromatic nitrogens is 1. The van der Waals surface area contributed by atoms with Crippen LogP contribution in [0, 0.1) is 5.41 Å². The van der Waals surface area contributed by atoms with Crippen molar-refractivity contribution in [1.29, 1.82) is 0 Å². The Morgan fingerprint density at radius 1 is 1.62 bits per heavy atom. The lowest BCUT2D eigenvalue weighted by atomic mass is 9.87. The monoisotopic (exact) mass is 225 g/mol. The van der Waals surface area contributed by atoms with E-state index in [0.29, 0.717) is 12.1 Å². The molecule has 5 heteroatoms. The molecule has 90 valence electrons. The number of carbonyl (C=O) groups is 1. The lowest BCUT2D eigenvalue weighted by molar-refractivity contribution is -0.116. The summed E-state index contributed by atoms with van der Waals surface area (Å²) in [4.78, 5) is 11.5. The van der Waals surface area contributed by atoms with Gasteiger partial charge in [0.2, 0.25) is 5.91 Å². The number of anilines is 1. The molecule has 0 aromatic carbocycles. The molecule has 0 bridgehead atoms. The summed E-state index contributed by atoms with van der Waals surface area (Å²) in [6.07, 6.45) is 3.95. The van der Waals surface area contributed by atoms with Gasteiger partial charge in [-0.05, 0) is 11.8 Å². The molecule has 0 aliphatic heterocycles. The number of hydrogen-bond donors (Lipinski definition) is 2. The van der Waals surface area contributed by atoms with Gasteiger partial charge < -0.3 is 15.6 Å². The maximum absolute atomic E-state index is 11.5. The first-order valence-corrected chi connectivity index (χ1v) is 5.31. The van der Waals surface area contributed by atoms with Crippen LogP contribution in [0.3, 0.4) is 0 Å². The van der Waals surface area contributed by atoms with Crippen molar-refractivity contribution in [3.05, 3.63) is 12.5 Å². The number of rotatable bonds is 4. The van der Waals surface area contributed by atoms with Crippen molar-refractivity contribution in [2.45, 2.75) is 39.7 Å². The van der Waals surface area contributed by atoms with Crippen LogP contribution in [0.15, 0.2) is 17.0 Å². The largest absolute Gasteiger partial charge is 0.363 e. The highest BCUT2D eigenvalue weighted by Crippen LogP contribution is 2.21. The van der Waals surface area contributed by atoms with E-state index in [2.05, 4.69) is 35.8 Å². The van der Waals surface area contributed by atoms with E-state index in [0.717, 1.165) is 6.42 Å². The molecule has 3 N–H and O–H groups in total. The van der Waals surface area contributed by atoms with Crippen molar-refractivity contribution in [3.63, 3.8) is 0 Å². The number of carbonyl (C=O) groups excluding carboxylic acids is 1. The molecule has 5 nitrogen and oxygen atoms in total. The van der Waals surface area contributed by atoms with E-state index in [1.54, 1.807) is 0 Å². The Kier molecular flexibility index (Phi) is 4.06. The summed E-state index contributed by atoms with van der Waals surface area (Å²) < 4.78 is 4.60. The maximum Gasteiger partial charge on any atom is 0.226 e. The van der Waals surface area contributed by atoms with Crippen molar-refractivity contribution in [3.8, 4) is 0 Å². The van der Waals surface area contributed by atoms with Gasteiger partial charge in [-0.3, -0.25) is 4.79 Å². The van der Waals surface area contributed by atoms with Gasteiger partial charge in [-0.25, -0.2) is 0 Å². The minimum absolute atomic E-state index is 0.111. The van der Waals surface area contributed by atoms with Crippen LogP contribution in [0.5, 0.6) is 0 Å². The second kappa shape index (κ2) is 5.12. The van der Waals surface area contributed by atoms with Crippen LogP contribution in [0.1, 0.15) is 33.6 Å². The maximum atomic E-state index is 11.5. The molecule has 1 unspecified atom stereocenters. The normalized spacial score (nSPS) is 13.5. The minimum Gasteiger partial charge on any atom is -0.363 e. The van der Waals surface area contributed by atoms with Crippen LogP contribution in [0.2, 0.25) is 0 Å². The van der Waals surface area contributed by atoms with E-state index in [-0.39, 0.29) is 17.4 Å². The fourth-order valence-electron chi connectivity index (χ4n) is 1.58. The Balaban J connectivity index is 2.34. The second-order valence-corrected chi connectivity index (χ2v) is 5.19. The molecule has 0 radical (unpaired) electrons. The molecule has 1 rings (SSSR count). The van der Waals surface area contributed by atoms with Crippen molar-refractivity contribution in [1.82, 2.24) is 5.16 Å². The number of nitrogens with zero attached hydrogens (tertiary/aromatic N) is 1. The van der Waals surface area contributed by atoms with Crippen LogP contribution >= 0.6 is 0 Å². The highest BCUT2D eigenvalue weighted by Gasteiger charge is 2.18. The third kappa shape index (κ3) is 4.93. The van der Waals surface area contributed by atoms with Gasteiger partial charge in [0.05, 0.1) is 6.20 Å². The highest BCUT2D eigenvalue weighted by atomic mass is 16.5. The first kappa shape index (κ1) is 12.7. The zero-order valence-corrected chi connectivity index (χ0v) is 9.99. The Morgan fingerprint density at radius 2 is 2.31 bits per heavy atom. The Labute approximate surface area is 95.4 Å². The smallest absolute Gasteiger partial charge is 0.226 e. The van der Waals surface area contributed by atoms with Gasteiger partial charge in [-0.15, -0.1) is 0 Å². The van der Waals surface area contributed by atoms with E-state index >= 15 is 0 Å². The zero-order valence-electron chi connectivity index (χ0n) is 9.99. The zero-order chi connectivity index (χ0) is 12.2. The van der Waals surface area contributed by atoms with Gasteiger partial charge in [0, 0.05) is 12.5 Å². The standard InChI is InChI=1S/C11H19N3O2/c1-11(2,3)5-8(12)4-10(15)14-9-6-13-16-7-9/h6-8H,4-5,12H2,1-3H3,(H,14,15). The van der Waals surface area contributed by atoms with Crippen LogP contribution in [0.4, 0.5) is 5.69 Å². The first-order chi connectivity index (χ1) is 7.37. The van der Waals surface area contributed by atoms with Crippen LogP contribution in [-0.4, -0.2) is 17.1 Å². The van der Waals surface area contributed by atoms with Crippen LogP contribution in [0.25, 0.3) is 0 Å². The molecular weight excluding hydrogens is 206 g/mol. The number of amides is 1. The number of nitrogens with one attached hydrogen (secondary N) is 1. The van der Waals surface area contributed by atoms with Gasteiger partial charge in [0.1, 0.15) is 12.0 Å². The van der Waals surface area contributed by atoms with Crippen molar-refractivity contribution in [2.24, 2.45) is 11.1 Å². The van der Waals surface area contributed by atoms with Gasteiger partial charge in [-0.2, -0.15) is 0 Å². The summed E-state index contributed by atoms with van der Waals surface area (Å²) in [6.45, 7) is 6.31. The van der Waals surface area contributed by atoms with Crippen LogP contribution < -0.4 is 11.1 Å². The van der Waals surface area contributed by atoms with E-state index in [9.17, 15) is 4.79 Å². The minimum atomic E-state index is -0.125. The Hall–Kier alpha value is -1.36. The summed E-state index contributed by atoms with van der Waals surface area (Å²) >= 11 is 0. The molecule has 1 atom stereocenters. The second-order valence-electron chi connectivity index (χ2n) is 5.19. The fraction of sp³-hybridized carbons (Fsp3) is 0.636. The van der Waals surface area contributed by atoms with Crippen molar-refractivity contribution < 1.29 is 9.32 Å². The van der Waals surface area contributed by atoms with Gasteiger partial charge in [0.15, 0.2) is 0 Å². The molecule has 0 aliphatic carbocycles. The third-order valence-electron chi connectivity index (χ3n) is 2.04. The topological polar surface area (TPSA) is 81.2 Å². The van der Waals surface area contributed by atoms with E-state index in [1.807, 2.05) is 0 Å². The summed E-state index contributed by atoms with van der Waals surface area (Å²) in [6, 6.07) is -0.125. The molecule has 1 aromatic rings. The predicted octanol–water partition coefficient (Wildman–Crippen LogP) is 1.77. The molecule has 0 spiro atoms. The SMILES string of the molecule is CC(C)(C)CC(N)CC(=O)Nc1cnoc1. The molecule has 16 heavy (non-hydrogen) atoms. The molecular formula is C11H19N3O2. The molecule has 0 saturated carbocycles. The highest BCUT2D eigenvalue weighted by molar-refractivity contribution is 5.90. The summed E-state index contributed by atoms with van der Waals surface area (Å²) in [5, 5.41) is 6.16. The van der Waals surface area contributed by atoms with Crippen LogP contribution in [-0.2, 0) is 4.79 Å². The molecule has 1 heterocycles. The van der Waals surface area contributed by atoms with Gasteiger partial charge in [-0.1, -0.05) is 25.9 Å². The molecule has 0 aliphatic rings. The lowest BCUT2D eigenvalue weighted by Crippen LogP contribution is -2.31. The Bertz CT molecular complexity index is 327. The summed E-state index contributed by atoms with van der Waals surface area (Å²) in [5.41, 5.74) is 6.59. The summed E-state index contributed by atoms with van der Waals surface area (Å²) in [5.74, 6) is -0.111. The fourth-order valence-corrected chi connectivity index (χ4v) is 1.58. The first-order valence-electron chi connectivity index (χ1n) is 5.31. The van der Waals surface area contributed by atoms with Crippen molar-refractivity contribution >= 4 is 11.6 Å². The molecule has 1 amide bonds. The quantitative estimate of drug-likeness (QED) is 0.818. The third-order valence-corrected chi connectivity index (χ3v) is 2.04. The number of hydrogen-bond acceptors (Lipinski definition) is 4. The summed E-state index contributed by atoms with van der Waals surface area (Å²) in [7, 11) is 0.